The van der Waals surface area contributed by atoms with Crippen LogP contribution in [0.15, 0.2) is 77.6 Å². The van der Waals surface area contributed by atoms with Crippen molar-refractivity contribution in [3.05, 3.63) is 100.0 Å². The van der Waals surface area contributed by atoms with Crippen molar-refractivity contribution in [1.29, 1.82) is 0 Å². The summed E-state index contributed by atoms with van der Waals surface area (Å²) in [6.07, 6.45) is 0.576. The van der Waals surface area contributed by atoms with Crippen LogP contribution in [0, 0.1) is 0 Å². The van der Waals surface area contributed by atoms with E-state index in [4.69, 9.17) is 9.47 Å². The third kappa shape index (κ3) is 3.60. The summed E-state index contributed by atoms with van der Waals surface area (Å²) in [5, 5.41) is 8.10. The summed E-state index contributed by atoms with van der Waals surface area (Å²) in [7, 11) is 1.58. The highest BCUT2D eigenvalue weighted by Gasteiger charge is 2.17. The summed E-state index contributed by atoms with van der Waals surface area (Å²) in [6.45, 7) is 0.410. The van der Waals surface area contributed by atoms with Crippen LogP contribution in [0.5, 0.6) is 11.5 Å². The third-order valence-corrected chi connectivity index (χ3v) is 4.60. The number of fused-ring (bicyclic) bond motifs is 1. The van der Waals surface area contributed by atoms with Crippen LogP contribution < -0.4 is 15.0 Å². The van der Waals surface area contributed by atoms with Crippen LogP contribution in [-0.2, 0) is 13.0 Å². The SMILES string of the molecule is COc1c(OCc2ccccc2)ccc2c(=O)[nH]nc(Cc3ccccc3)c12. The van der Waals surface area contributed by atoms with Crippen molar-refractivity contribution < 1.29 is 9.47 Å². The zero-order chi connectivity index (χ0) is 19.3. The first-order valence-corrected chi connectivity index (χ1v) is 9.05. The van der Waals surface area contributed by atoms with Crippen LogP contribution in [-0.4, -0.2) is 17.3 Å². The standard InChI is InChI=1S/C23H20N2O3/c1-27-22-20(28-15-17-10-6-3-7-11-17)13-12-18-21(22)19(24-25-23(18)26)14-16-8-4-2-5-9-16/h2-13H,14-15H2,1H3,(H,25,26). The second-order valence-corrected chi connectivity index (χ2v) is 6.46. The molecule has 0 saturated carbocycles. The molecule has 0 aliphatic carbocycles. The van der Waals surface area contributed by atoms with Gasteiger partial charge in [0.2, 0.25) is 0 Å². The Kier molecular flexibility index (Phi) is 5.06. The van der Waals surface area contributed by atoms with E-state index in [1.807, 2.05) is 60.7 Å². The first-order valence-electron chi connectivity index (χ1n) is 9.05. The van der Waals surface area contributed by atoms with Crippen LogP contribution in [0.4, 0.5) is 0 Å². The molecule has 0 spiro atoms. The fourth-order valence-electron chi connectivity index (χ4n) is 3.24. The molecule has 5 heteroatoms. The monoisotopic (exact) mass is 372 g/mol. The maximum atomic E-state index is 12.3. The number of hydrogen-bond acceptors (Lipinski definition) is 4. The van der Waals surface area contributed by atoms with Crippen LogP contribution in [0.3, 0.4) is 0 Å². The highest BCUT2D eigenvalue weighted by Crippen LogP contribution is 2.36. The van der Waals surface area contributed by atoms with Gasteiger partial charge in [-0.3, -0.25) is 4.79 Å². The molecule has 4 aromatic rings. The Hall–Kier alpha value is -3.60. The Morgan fingerprint density at radius 1 is 0.893 bits per heavy atom. The number of aromatic nitrogens is 2. The van der Waals surface area contributed by atoms with E-state index in [2.05, 4.69) is 10.2 Å². The van der Waals surface area contributed by atoms with E-state index in [0.717, 1.165) is 16.8 Å². The van der Waals surface area contributed by atoms with Crippen molar-refractivity contribution in [2.75, 3.05) is 7.11 Å². The number of hydrogen-bond donors (Lipinski definition) is 1. The first kappa shape index (κ1) is 17.8. The predicted molar refractivity (Wildman–Crippen MR) is 109 cm³/mol. The molecule has 1 heterocycles. The van der Waals surface area contributed by atoms with Crippen LogP contribution in [0.1, 0.15) is 16.8 Å². The molecule has 0 amide bonds. The van der Waals surface area contributed by atoms with Crippen molar-refractivity contribution in [1.82, 2.24) is 10.2 Å². The van der Waals surface area contributed by atoms with Crippen LogP contribution in [0.2, 0.25) is 0 Å². The fraction of sp³-hybridized carbons (Fsp3) is 0.130. The van der Waals surface area contributed by atoms with Gasteiger partial charge in [-0.2, -0.15) is 5.10 Å². The van der Waals surface area contributed by atoms with Gasteiger partial charge in [-0.1, -0.05) is 60.7 Å². The van der Waals surface area contributed by atoms with Gasteiger partial charge in [-0.15, -0.1) is 0 Å². The highest BCUT2D eigenvalue weighted by atomic mass is 16.5. The Morgan fingerprint density at radius 2 is 1.57 bits per heavy atom. The molecular formula is C23H20N2O3. The lowest BCUT2D eigenvalue weighted by Gasteiger charge is -2.15. The maximum absolute atomic E-state index is 12.3. The van der Waals surface area contributed by atoms with Gasteiger partial charge in [0.15, 0.2) is 11.5 Å². The van der Waals surface area contributed by atoms with Gasteiger partial charge in [0.1, 0.15) is 6.61 Å². The zero-order valence-corrected chi connectivity index (χ0v) is 15.5. The Morgan fingerprint density at radius 3 is 2.25 bits per heavy atom. The smallest absolute Gasteiger partial charge is 0.272 e. The minimum absolute atomic E-state index is 0.250. The Bertz CT molecular complexity index is 1140. The summed E-state index contributed by atoms with van der Waals surface area (Å²) in [6, 6.07) is 23.4. The average Bonchev–Trinajstić information content (AvgIpc) is 2.75. The number of rotatable bonds is 6. The topological polar surface area (TPSA) is 64.2 Å². The number of H-pyrrole nitrogens is 1. The summed E-state index contributed by atoms with van der Waals surface area (Å²) in [4.78, 5) is 12.3. The molecule has 0 aliphatic rings. The van der Waals surface area contributed by atoms with Gasteiger partial charge in [-0.25, -0.2) is 5.10 Å². The molecule has 1 N–H and O–H groups in total. The summed E-state index contributed by atoms with van der Waals surface area (Å²) in [5.41, 5.74) is 2.64. The molecule has 0 unspecified atom stereocenters. The van der Waals surface area contributed by atoms with E-state index in [9.17, 15) is 4.79 Å². The molecule has 0 fully saturated rings. The predicted octanol–water partition coefficient (Wildman–Crippen LogP) is 4.10. The Labute approximate surface area is 162 Å². The van der Waals surface area contributed by atoms with Gasteiger partial charge >= 0.3 is 0 Å². The van der Waals surface area contributed by atoms with Gasteiger partial charge in [0, 0.05) is 6.42 Å². The van der Waals surface area contributed by atoms with Crippen molar-refractivity contribution in [3.8, 4) is 11.5 Å². The van der Waals surface area contributed by atoms with E-state index >= 15 is 0 Å². The number of nitrogens with one attached hydrogen (secondary N) is 1. The lowest BCUT2D eigenvalue weighted by Crippen LogP contribution is -2.12. The molecular weight excluding hydrogens is 352 g/mol. The normalized spacial score (nSPS) is 10.8. The molecule has 3 aromatic carbocycles. The minimum Gasteiger partial charge on any atom is -0.492 e. The second kappa shape index (κ2) is 7.96. The number of ether oxygens (including phenoxy) is 2. The van der Waals surface area contributed by atoms with Crippen molar-refractivity contribution >= 4 is 10.8 Å². The van der Waals surface area contributed by atoms with E-state index in [1.165, 1.54) is 0 Å². The van der Waals surface area contributed by atoms with Gasteiger partial charge in [0.25, 0.3) is 5.56 Å². The summed E-state index contributed by atoms with van der Waals surface area (Å²) < 4.78 is 11.7. The number of benzene rings is 3. The molecule has 0 atom stereocenters. The van der Waals surface area contributed by atoms with Gasteiger partial charge in [0.05, 0.1) is 23.6 Å². The molecule has 0 bridgehead atoms. The van der Waals surface area contributed by atoms with E-state index in [-0.39, 0.29) is 5.56 Å². The Balaban J connectivity index is 1.77. The molecule has 5 nitrogen and oxygen atoms in total. The summed E-state index contributed by atoms with van der Waals surface area (Å²) >= 11 is 0. The summed E-state index contributed by atoms with van der Waals surface area (Å²) in [5.74, 6) is 1.11. The van der Waals surface area contributed by atoms with Crippen LogP contribution >= 0.6 is 0 Å². The first-order chi connectivity index (χ1) is 13.8. The molecule has 4 rings (SSSR count). The van der Waals surface area contributed by atoms with E-state index < -0.39 is 0 Å². The molecule has 28 heavy (non-hydrogen) atoms. The third-order valence-electron chi connectivity index (χ3n) is 4.60. The average molecular weight is 372 g/mol. The highest BCUT2D eigenvalue weighted by molar-refractivity contribution is 5.92. The molecule has 0 saturated heterocycles. The van der Waals surface area contributed by atoms with Gasteiger partial charge < -0.3 is 9.47 Å². The second-order valence-electron chi connectivity index (χ2n) is 6.46. The van der Waals surface area contributed by atoms with E-state index in [1.54, 1.807) is 19.2 Å². The lowest BCUT2D eigenvalue weighted by atomic mass is 10.0. The largest absolute Gasteiger partial charge is 0.492 e. The number of nitrogens with zero attached hydrogens (tertiary/aromatic N) is 1. The maximum Gasteiger partial charge on any atom is 0.272 e. The molecule has 0 aliphatic heterocycles. The van der Waals surface area contributed by atoms with Crippen LogP contribution in [0.25, 0.3) is 10.8 Å². The quantitative estimate of drug-likeness (QED) is 0.553. The lowest BCUT2D eigenvalue weighted by molar-refractivity contribution is 0.286. The molecule has 140 valence electrons. The fourth-order valence-corrected chi connectivity index (χ4v) is 3.24. The van der Waals surface area contributed by atoms with Crippen molar-refractivity contribution in [2.45, 2.75) is 13.0 Å². The number of methoxy groups -OCH3 is 1. The zero-order valence-electron chi connectivity index (χ0n) is 15.5. The number of aromatic amines is 1. The van der Waals surface area contributed by atoms with Gasteiger partial charge in [-0.05, 0) is 23.3 Å². The minimum atomic E-state index is -0.250. The molecule has 0 radical (unpaired) electrons. The van der Waals surface area contributed by atoms with E-state index in [0.29, 0.717) is 35.3 Å². The molecule has 1 aromatic heterocycles. The van der Waals surface area contributed by atoms with Crippen molar-refractivity contribution in [2.24, 2.45) is 0 Å². The van der Waals surface area contributed by atoms with Crippen molar-refractivity contribution in [3.63, 3.8) is 0 Å².